The van der Waals surface area contributed by atoms with Crippen molar-refractivity contribution in [3.05, 3.63) is 83.4 Å². The number of aryl methyl sites for hydroxylation is 1. The van der Waals surface area contributed by atoms with Crippen LogP contribution in [-0.2, 0) is 11.0 Å². The predicted molar refractivity (Wildman–Crippen MR) is 139 cm³/mol. The Morgan fingerprint density at radius 2 is 1.37 bits per heavy atom. The van der Waals surface area contributed by atoms with Crippen LogP contribution in [0.3, 0.4) is 0 Å². The van der Waals surface area contributed by atoms with Crippen LogP contribution in [0.15, 0.2) is 66.7 Å². The predicted octanol–water partition coefficient (Wildman–Crippen LogP) is 7.72. The van der Waals surface area contributed by atoms with Crippen LogP contribution in [-0.4, -0.2) is 16.6 Å². The van der Waals surface area contributed by atoms with Gasteiger partial charge < -0.3 is 4.90 Å². The van der Waals surface area contributed by atoms with Gasteiger partial charge in [0.05, 0.1) is 11.3 Å². The number of anilines is 2. The quantitative estimate of drug-likeness (QED) is 0.346. The van der Waals surface area contributed by atoms with Gasteiger partial charge in [-0.05, 0) is 85.4 Å². The van der Waals surface area contributed by atoms with Gasteiger partial charge in [0.25, 0.3) is 5.91 Å². The number of alkyl halides is 3. The monoisotopic (exact) mass is 496 g/mol. The van der Waals surface area contributed by atoms with Gasteiger partial charge in [0, 0.05) is 5.69 Å². The van der Waals surface area contributed by atoms with E-state index in [9.17, 15) is 18.0 Å². The van der Waals surface area contributed by atoms with E-state index in [4.69, 9.17) is 12.2 Å². The van der Waals surface area contributed by atoms with E-state index in [-0.39, 0.29) is 22.3 Å². The Bertz CT molecular complexity index is 1280. The summed E-state index contributed by atoms with van der Waals surface area (Å²) in [7, 11) is 0. The molecule has 0 N–H and O–H groups in total. The van der Waals surface area contributed by atoms with E-state index in [1.165, 1.54) is 29.5 Å². The number of hydrogen-bond acceptors (Lipinski definition) is 2. The Morgan fingerprint density at radius 1 is 0.857 bits per heavy atom. The van der Waals surface area contributed by atoms with Crippen LogP contribution in [0.4, 0.5) is 24.5 Å². The van der Waals surface area contributed by atoms with Crippen LogP contribution in [0.25, 0.3) is 11.1 Å². The molecule has 7 heteroatoms. The van der Waals surface area contributed by atoms with Gasteiger partial charge in [0.15, 0.2) is 5.11 Å². The van der Waals surface area contributed by atoms with E-state index >= 15 is 0 Å². The van der Waals surface area contributed by atoms with Crippen molar-refractivity contribution in [1.29, 1.82) is 0 Å². The molecule has 0 atom stereocenters. The molecule has 182 valence electrons. The first kappa shape index (κ1) is 24.9. The number of thiocarbonyl (C=S) groups is 1. The molecule has 0 bridgehead atoms. The van der Waals surface area contributed by atoms with Crippen molar-refractivity contribution >= 4 is 34.6 Å². The van der Waals surface area contributed by atoms with Gasteiger partial charge in [-0.15, -0.1) is 0 Å². The van der Waals surface area contributed by atoms with Gasteiger partial charge >= 0.3 is 6.18 Å². The Morgan fingerprint density at radius 3 is 1.89 bits per heavy atom. The summed E-state index contributed by atoms with van der Waals surface area (Å²) in [6.45, 7) is 9.13. The highest BCUT2D eigenvalue weighted by molar-refractivity contribution is 7.81. The molecule has 1 saturated heterocycles. The van der Waals surface area contributed by atoms with Crippen LogP contribution < -0.4 is 9.80 Å². The standard InChI is InChI=1S/C28H27F3N2OS/c1-17(2)19-7-9-20(10-8-19)21-11-14-22(15-12-21)33-26(35)32(25(34)27(33,4)5)23-13-6-18(3)24(16-23)28(29,30)31/h6-17H,1-5H3. The van der Waals surface area contributed by atoms with Gasteiger partial charge in [-0.3, -0.25) is 9.69 Å². The fraction of sp³-hybridized carbons (Fsp3) is 0.286. The average Bonchev–Trinajstić information content (AvgIpc) is 2.97. The minimum atomic E-state index is -4.52. The van der Waals surface area contributed by atoms with Crippen molar-refractivity contribution in [2.45, 2.75) is 52.3 Å². The average molecular weight is 497 g/mol. The first-order valence-corrected chi connectivity index (χ1v) is 11.8. The fourth-order valence-corrected chi connectivity index (χ4v) is 4.90. The van der Waals surface area contributed by atoms with Crippen LogP contribution in [0.1, 0.15) is 50.3 Å². The summed E-state index contributed by atoms with van der Waals surface area (Å²) in [5.74, 6) is 0.0684. The van der Waals surface area contributed by atoms with Crippen molar-refractivity contribution in [2.24, 2.45) is 0 Å². The van der Waals surface area contributed by atoms with Gasteiger partial charge in [-0.2, -0.15) is 13.2 Å². The minimum Gasteiger partial charge on any atom is -0.304 e. The Hall–Kier alpha value is -3.19. The van der Waals surface area contributed by atoms with E-state index in [0.29, 0.717) is 11.6 Å². The van der Waals surface area contributed by atoms with Crippen LogP contribution in [0.5, 0.6) is 0 Å². The second kappa shape index (κ2) is 8.79. The number of halogens is 3. The summed E-state index contributed by atoms with van der Waals surface area (Å²) in [5, 5.41) is 0.144. The molecular formula is C28H27F3N2OS. The molecule has 1 amide bonds. The second-order valence-electron chi connectivity index (χ2n) is 9.64. The SMILES string of the molecule is Cc1ccc(N2C(=O)C(C)(C)N(c3ccc(-c4ccc(C(C)C)cc4)cc3)C2=S)cc1C(F)(F)F. The summed E-state index contributed by atoms with van der Waals surface area (Å²) in [6, 6.07) is 19.9. The number of hydrogen-bond donors (Lipinski definition) is 0. The number of carbonyl (C=O) groups excluding carboxylic acids is 1. The van der Waals surface area contributed by atoms with E-state index in [1.54, 1.807) is 18.7 Å². The van der Waals surface area contributed by atoms with Gasteiger partial charge in [0.2, 0.25) is 0 Å². The first-order chi connectivity index (χ1) is 16.3. The maximum absolute atomic E-state index is 13.5. The summed E-state index contributed by atoms with van der Waals surface area (Å²) >= 11 is 5.64. The summed E-state index contributed by atoms with van der Waals surface area (Å²) in [4.78, 5) is 16.3. The molecule has 0 spiro atoms. The summed E-state index contributed by atoms with van der Waals surface area (Å²) < 4.78 is 40.5. The highest BCUT2D eigenvalue weighted by Crippen LogP contribution is 2.40. The third-order valence-electron chi connectivity index (χ3n) is 6.49. The van der Waals surface area contributed by atoms with Crippen LogP contribution in [0, 0.1) is 6.92 Å². The van der Waals surface area contributed by atoms with Gasteiger partial charge in [-0.1, -0.05) is 56.3 Å². The van der Waals surface area contributed by atoms with E-state index in [1.807, 2.05) is 24.3 Å². The maximum atomic E-state index is 13.5. The van der Waals surface area contributed by atoms with Gasteiger partial charge in [-0.25, -0.2) is 0 Å². The first-order valence-electron chi connectivity index (χ1n) is 11.4. The molecule has 1 heterocycles. The molecule has 1 fully saturated rings. The number of amides is 1. The molecule has 3 nitrogen and oxygen atoms in total. The lowest BCUT2D eigenvalue weighted by Gasteiger charge is -2.29. The van der Waals surface area contributed by atoms with Crippen molar-refractivity contribution in [1.82, 2.24) is 0 Å². The normalized spacial score (nSPS) is 15.9. The fourth-order valence-electron chi connectivity index (χ4n) is 4.37. The van der Waals surface area contributed by atoms with E-state index in [2.05, 4.69) is 38.1 Å². The molecule has 1 aliphatic heterocycles. The van der Waals surface area contributed by atoms with Crippen LogP contribution >= 0.6 is 12.2 Å². The zero-order valence-electron chi connectivity index (χ0n) is 20.3. The largest absolute Gasteiger partial charge is 0.416 e. The lowest BCUT2D eigenvalue weighted by atomic mass is 9.98. The number of benzene rings is 3. The Labute approximate surface area is 209 Å². The third-order valence-corrected chi connectivity index (χ3v) is 6.85. The second-order valence-corrected chi connectivity index (χ2v) is 10.0. The smallest absolute Gasteiger partial charge is 0.304 e. The van der Waals surface area contributed by atoms with E-state index in [0.717, 1.165) is 17.2 Å². The van der Waals surface area contributed by atoms with Crippen molar-refractivity contribution in [3.63, 3.8) is 0 Å². The number of carbonyl (C=O) groups is 1. The number of rotatable bonds is 4. The van der Waals surface area contributed by atoms with Crippen molar-refractivity contribution in [2.75, 3.05) is 9.80 Å². The molecule has 3 aromatic carbocycles. The Balaban J connectivity index is 1.67. The zero-order chi connectivity index (χ0) is 25.7. The highest BCUT2D eigenvalue weighted by Gasteiger charge is 2.50. The minimum absolute atomic E-state index is 0.0898. The summed E-state index contributed by atoms with van der Waals surface area (Å²) in [6.07, 6.45) is -4.52. The molecule has 1 aliphatic rings. The van der Waals surface area contributed by atoms with Crippen LogP contribution in [0.2, 0.25) is 0 Å². The third kappa shape index (κ3) is 4.45. The molecule has 0 unspecified atom stereocenters. The van der Waals surface area contributed by atoms with Crippen molar-refractivity contribution < 1.29 is 18.0 Å². The molecule has 4 rings (SSSR count). The highest BCUT2D eigenvalue weighted by atomic mass is 32.1. The Kier molecular flexibility index (Phi) is 6.26. The molecule has 0 aromatic heterocycles. The van der Waals surface area contributed by atoms with Gasteiger partial charge in [0.1, 0.15) is 5.54 Å². The summed E-state index contributed by atoms with van der Waals surface area (Å²) in [5.41, 5.74) is 2.39. The molecule has 0 saturated carbocycles. The topological polar surface area (TPSA) is 23.6 Å². The molecule has 35 heavy (non-hydrogen) atoms. The van der Waals surface area contributed by atoms with E-state index < -0.39 is 17.3 Å². The maximum Gasteiger partial charge on any atom is 0.416 e. The molecule has 0 aliphatic carbocycles. The zero-order valence-corrected chi connectivity index (χ0v) is 21.1. The van der Waals surface area contributed by atoms with Crippen molar-refractivity contribution in [3.8, 4) is 11.1 Å². The molecular weight excluding hydrogens is 469 g/mol. The lowest BCUT2D eigenvalue weighted by molar-refractivity contribution is -0.138. The molecule has 3 aromatic rings. The number of nitrogens with zero attached hydrogens (tertiary/aromatic N) is 2. The lowest BCUT2D eigenvalue weighted by Crippen LogP contribution is -2.44. The molecule has 0 radical (unpaired) electrons.